The van der Waals surface area contributed by atoms with Crippen LogP contribution >= 0.6 is 0 Å². The first kappa shape index (κ1) is 17.2. The molecule has 0 saturated carbocycles. The molecule has 2 rings (SSSR count). The summed E-state index contributed by atoms with van der Waals surface area (Å²) in [6.45, 7) is 14.2. The van der Waals surface area contributed by atoms with Crippen LogP contribution in [-0.4, -0.2) is 0 Å². The number of hydrogen-bond donors (Lipinski definition) is 0. The molecule has 0 bridgehead atoms. The van der Waals surface area contributed by atoms with E-state index >= 15 is 0 Å². The molecule has 0 aromatic heterocycles. The Balaban J connectivity index is 2.34. The third-order valence-electron chi connectivity index (χ3n) is 4.77. The maximum absolute atomic E-state index is 2.53. The first-order valence-corrected chi connectivity index (χ1v) is 12.2. The fourth-order valence-electron chi connectivity index (χ4n) is 3.42. The van der Waals surface area contributed by atoms with Crippen molar-refractivity contribution >= 4 is 0 Å². The average Bonchev–Trinajstić information content (AvgIpc) is 3.02. The average molecular weight is 449 g/mol. The SMILES string of the molecule is CCC1=[C]([Hf][C]2=C(CC)CC=C2C(C)C)C(C(C)C)=CC1. The van der Waals surface area contributed by atoms with Gasteiger partial charge in [-0.15, -0.1) is 0 Å². The van der Waals surface area contributed by atoms with Crippen molar-refractivity contribution in [3.05, 3.63) is 41.1 Å². The molecular formula is C20H30Hf. The number of allylic oxidation sites excluding steroid dienone is 8. The van der Waals surface area contributed by atoms with E-state index in [0.717, 1.165) is 0 Å². The summed E-state index contributed by atoms with van der Waals surface area (Å²) in [7, 11) is 0. The summed E-state index contributed by atoms with van der Waals surface area (Å²) in [5, 5.41) is 0. The van der Waals surface area contributed by atoms with Crippen molar-refractivity contribution in [2.24, 2.45) is 11.8 Å². The van der Waals surface area contributed by atoms with Crippen molar-refractivity contribution in [2.45, 2.75) is 67.2 Å². The van der Waals surface area contributed by atoms with Crippen LogP contribution in [0.2, 0.25) is 0 Å². The van der Waals surface area contributed by atoms with Gasteiger partial charge in [-0.1, -0.05) is 0 Å². The van der Waals surface area contributed by atoms with Crippen molar-refractivity contribution in [3.8, 4) is 0 Å². The maximum atomic E-state index is 2.53. The summed E-state index contributed by atoms with van der Waals surface area (Å²) in [6.07, 6.45) is 10.1. The zero-order valence-corrected chi connectivity index (χ0v) is 18.2. The molecule has 0 unspecified atom stereocenters. The van der Waals surface area contributed by atoms with Crippen LogP contribution in [0.5, 0.6) is 0 Å². The van der Waals surface area contributed by atoms with Gasteiger partial charge in [-0.2, -0.15) is 0 Å². The molecule has 0 saturated heterocycles. The Morgan fingerprint density at radius 3 is 1.48 bits per heavy atom. The normalized spacial score (nSPS) is 19.0. The standard InChI is InChI=1S/2C10H15.Hf/c2*1-4-9-5-6-10(7-9)8(2)3;/h2*6,8H,4-5H2,1-3H3;. The van der Waals surface area contributed by atoms with E-state index in [0.29, 0.717) is 11.8 Å². The van der Waals surface area contributed by atoms with E-state index in [1.807, 2.05) is 6.66 Å². The summed E-state index contributed by atoms with van der Waals surface area (Å²) >= 11 is -0.907. The molecular weight excluding hydrogens is 419 g/mol. The van der Waals surface area contributed by atoms with E-state index in [2.05, 4.69) is 53.7 Å². The molecule has 0 aromatic carbocycles. The number of rotatable bonds is 6. The minimum absolute atomic E-state index is 0.704. The Morgan fingerprint density at radius 1 is 0.810 bits per heavy atom. The van der Waals surface area contributed by atoms with E-state index in [9.17, 15) is 0 Å². The number of hydrogen-bond acceptors (Lipinski definition) is 0. The second-order valence-electron chi connectivity index (χ2n) is 6.83. The zero-order valence-electron chi connectivity index (χ0n) is 14.6. The second-order valence-corrected chi connectivity index (χ2v) is 11.3. The second kappa shape index (κ2) is 7.40. The first-order valence-electron chi connectivity index (χ1n) is 8.61. The van der Waals surface area contributed by atoms with Gasteiger partial charge in [0.15, 0.2) is 0 Å². The summed E-state index contributed by atoms with van der Waals surface area (Å²) < 4.78 is 3.73. The molecule has 0 aliphatic heterocycles. The molecule has 0 spiro atoms. The van der Waals surface area contributed by atoms with Gasteiger partial charge in [-0.25, -0.2) is 0 Å². The predicted octanol–water partition coefficient (Wildman–Crippen LogP) is 6.37. The minimum atomic E-state index is -0.907. The van der Waals surface area contributed by atoms with Crippen LogP contribution in [0.15, 0.2) is 41.1 Å². The molecule has 0 amide bonds. The molecule has 0 aromatic rings. The van der Waals surface area contributed by atoms with Crippen LogP contribution in [0.25, 0.3) is 0 Å². The van der Waals surface area contributed by atoms with Crippen LogP contribution in [-0.2, 0) is 22.9 Å². The van der Waals surface area contributed by atoms with Crippen molar-refractivity contribution in [1.82, 2.24) is 0 Å². The third kappa shape index (κ3) is 3.60. The van der Waals surface area contributed by atoms with Gasteiger partial charge in [0.25, 0.3) is 0 Å². The molecule has 1 heteroatoms. The Kier molecular flexibility index (Phi) is 6.05. The third-order valence-corrected chi connectivity index (χ3v) is 11.2. The van der Waals surface area contributed by atoms with Gasteiger partial charge in [0, 0.05) is 0 Å². The molecule has 114 valence electrons. The van der Waals surface area contributed by atoms with E-state index in [1.165, 1.54) is 25.7 Å². The quantitative estimate of drug-likeness (QED) is 0.414. The molecule has 0 radical (unpaired) electrons. The van der Waals surface area contributed by atoms with E-state index in [1.54, 1.807) is 22.3 Å². The van der Waals surface area contributed by atoms with Crippen LogP contribution in [0.3, 0.4) is 0 Å². The fourth-order valence-corrected chi connectivity index (χ4v) is 11.4. The Morgan fingerprint density at radius 2 is 1.19 bits per heavy atom. The first-order chi connectivity index (χ1) is 9.99. The molecule has 21 heavy (non-hydrogen) atoms. The predicted molar refractivity (Wildman–Crippen MR) is 89.7 cm³/mol. The Hall–Kier alpha value is -0.170. The summed E-state index contributed by atoms with van der Waals surface area (Å²) in [5.74, 6) is 1.41. The monoisotopic (exact) mass is 450 g/mol. The topological polar surface area (TPSA) is 0 Å². The van der Waals surface area contributed by atoms with Crippen molar-refractivity contribution in [1.29, 1.82) is 0 Å². The zero-order chi connectivity index (χ0) is 15.6. The van der Waals surface area contributed by atoms with Crippen LogP contribution in [0.1, 0.15) is 67.2 Å². The van der Waals surface area contributed by atoms with E-state index < -0.39 is 22.9 Å². The van der Waals surface area contributed by atoms with Gasteiger partial charge in [-0.05, 0) is 0 Å². The summed E-state index contributed by atoms with van der Waals surface area (Å²) in [5.41, 5.74) is 6.93. The molecule has 0 atom stereocenters. The summed E-state index contributed by atoms with van der Waals surface area (Å²) in [4.78, 5) is 0. The van der Waals surface area contributed by atoms with Gasteiger partial charge < -0.3 is 0 Å². The van der Waals surface area contributed by atoms with E-state index in [-0.39, 0.29) is 0 Å². The fraction of sp³-hybridized carbons (Fsp3) is 0.600. The van der Waals surface area contributed by atoms with Gasteiger partial charge >= 0.3 is 143 Å². The van der Waals surface area contributed by atoms with Gasteiger partial charge in [-0.3, -0.25) is 0 Å². The molecule has 0 fully saturated rings. The molecule has 0 nitrogen and oxygen atoms in total. The van der Waals surface area contributed by atoms with Crippen molar-refractivity contribution in [2.75, 3.05) is 0 Å². The van der Waals surface area contributed by atoms with Gasteiger partial charge in [0.05, 0.1) is 0 Å². The van der Waals surface area contributed by atoms with Crippen LogP contribution < -0.4 is 0 Å². The molecule has 0 heterocycles. The molecule has 0 N–H and O–H groups in total. The van der Waals surface area contributed by atoms with Crippen LogP contribution in [0.4, 0.5) is 0 Å². The van der Waals surface area contributed by atoms with Crippen molar-refractivity contribution in [3.63, 3.8) is 0 Å². The summed E-state index contributed by atoms with van der Waals surface area (Å²) in [6, 6.07) is 0. The molecule has 2 aliphatic carbocycles. The van der Waals surface area contributed by atoms with Gasteiger partial charge in [0.1, 0.15) is 0 Å². The van der Waals surface area contributed by atoms with Crippen molar-refractivity contribution < 1.29 is 22.9 Å². The molecule has 2 aliphatic rings. The Bertz CT molecular complexity index is 476. The van der Waals surface area contributed by atoms with Crippen LogP contribution in [0, 0.1) is 11.8 Å². The van der Waals surface area contributed by atoms with Gasteiger partial charge in [0.2, 0.25) is 0 Å². The van der Waals surface area contributed by atoms with E-state index in [4.69, 9.17) is 0 Å². The Labute approximate surface area is 142 Å².